The SMILES string of the molecule is CCN1CCC(N(C)C(=O)c2ccc(C)cc2NC)CC1. The lowest BCUT2D eigenvalue weighted by Crippen LogP contribution is -2.45. The second-order valence-corrected chi connectivity index (χ2v) is 5.88. The van der Waals surface area contributed by atoms with E-state index in [0.29, 0.717) is 6.04 Å². The molecule has 0 saturated carbocycles. The minimum absolute atomic E-state index is 0.120. The molecular formula is C17H27N3O. The van der Waals surface area contributed by atoms with E-state index in [1.165, 1.54) is 0 Å². The Morgan fingerprint density at radius 1 is 1.38 bits per heavy atom. The lowest BCUT2D eigenvalue weighted by Gasteiger charge is -2.36. The number of hydrogen-bond acceptors (Lipinski definition) is 3. The van der Waals surface area contributed by atoms with Crippen molar-refractivity contribution in [1.29, 1.82) is 0 Å². The zero-order chi connectivity index (χ0) is 15.4. The number of benzene rings is 1. The second kappa shape index (κ2) is 6.94. The highest BCUT2D eigenvalue weighted by Crippen LogP contribution is 2.22. The number of nitrogens with zero attached hydrogens (tertiary/aromatic N) is 2. The molecule has 1 saturated heterocycles. The fourth-order valence-electron chi connectivity index (χ4n) is 3.03. The normalized spacial score (nSPS) is 16.8. The summed E-state index contributed by atoms with van der Waals surface area (Å²) >= 11 is 0. The molecule has 1 fully saturated rings. The van der Waals surface area contributed by atoms with E-state index in [2.05, 4.69) is 17.1 Å². The molecule has 1 amide bonds. The molecule has 21 heavy (non-hydrogen) atoms. The van der Waals surface area contributed by atoms with Gasteiger partial charge in [0.15, 0.2) is 0 Å². The van der Waals surface area contributed by atoms with E-state index >= 15 is 0 Å². The Morgan fingerprint density at radius 2 is 2.05 bits per heavy atom. The lowest BCUT2D eigenvalue weighted by molar-refractivity contribution is 0.0648. The number of amides is 1. The fourth-order valence-corrected chi connectivity index (χ4v) is 3.03. The molecule has 0 aliphatic carbocycles. The topological polar surface area (TPSA) is 35.6 Å². The molecule has 0 unspecified atom stereocenters. The van der Waals surface area contributed by atoms with Crippen molar-refractivity contribution in [3.63, 3.8) is 0 Å². The maximum absolute atomic E-state index is 12.8. The molecule has 1 heterocycles. The molecule has 0 aromatic heterocycles. The molecule has 0 atom stereocenters. The zero-order valence-electron chi connectivity index (χ0n) is 13.6. The summed E-state index contributed by atoms with van der Waals surface area (Å²) in [6, 6.07) is 6.31. The van der Waals surface area contributed by atoms with Crippen molar-refractivity contribution < 1.29 is 4.79 Å². The van der Waals surface area contributed by atoms with E-state index in [1.54, 1.807) is 0 Å². The minimum atomic E-state index is 0.120. The largest absolute Gasteiger partial charge is 0.387 e. The van der Waals surface area contributed by atoms with E-state index in [-0.39, 0.29) is 5.91 Å². The van der Waals surface area contributed by atoms with Gasteiger partial charge in [-0.2, -0.15) is 0 Å². The second-order valence-electron chi connectivity index (χ2n) is 5.88. The fraction of sp³-hybridized carbons (Fsp3) is 0.588. The number of piperidine rings is 1. The van der Waals surface area contributed by atoms with E-state index < -0.39 is 0 Å². The summed E-state index contributed by atoms with van der Waals surface area (Å²) in [5.41, 5.74) is 2.84. The predicted octanol–water partition coefficient (Wildman–Crippen LogP) is 2.59. The van der Waals surface area contributed by atoms with Crippen molar-refractivity contribution >= 4 is 11.6 Å². The van der Waals surface area contributed by atoms with Crippen LogP contribution in [0.25, 0.3) is 0 Å². The Kier molecular flexibility index (Phi) is 5.23. The number of hydrogen-bond donors (Lipinski definition) is 1. The van der Waals surface area contributed by atoms with Crippen molar-refractivity contribution in [1.82, 2.24) is 9.80 Å². The molecule has 1 aliphatic heterocycles. The first kappa shape index (κ1) is 15.8. The molecule has 4 heteroatoms. The van der Waals surface area contributed by atoms with Crippen LogP contribution in [0.4, 0.5) is 5.69 Å². The Hall–Kier alpha value is -1.55. The molecule has 1 aromatic carbocycles. The Morgan fingerprint density at radius 3 is 2.62 bits per heavy atom. The Balaban J connectivity index is 2.09. The molecule has 1 aromatic rings. The third-order valence-electron chi connectivity index (χ3n) is 4.55. The van der Waals surface area contributed by atoms with Gasteiger partial charge < -0.3 is 15.1 Å². The van der Waals surface area contributed by atoms with Gasteiger partial charge in [0.2, 0.25) is 0 Å². The van der Waals surface area contributed by atoms with Crippen LogP contribution in [0.2, 0.25) is 0 Å². The molecular weight excluding hydrogens is 262 g/mol. The third kappa shape index (κ3) is 3.56. The molecule has 0 spiro atoms. The van der Waals surface area contributed by atoms with E-state index in [0.717, 1.165) is 49.3 Å². The smallest absolute Gasteiger partial charge is 0.255 e. The van der Waals surface area contributed by atoms with Crippen molar-refractivity contribution in [3.05, 3.63) is 29.3 Å². The monoisotopic (exact) mass is 289 g/mol. The summed E-state index contributed by atoms with van der Waals surface area (Å²) in [4.78, 5) is 17.1. The molecule has 1 N–H and O–H groups in total. The van der Waals surface area contributed by atoms with Crippen LogP contribution < -0.4 is 5.32 Å². The summed E-state index contributed by atoms with van der Waals surface area (Å²) < 4.78 is 0. The third-order valence-corrected chi connectivity index (χ3v) is 4.55. The highest BCUT2D eigenvalue weighted by Gasteiger charge is 2.26. The molecule has 0 radical (unpaired) electrons. The van der Waals surface area contributed by atoms with Crippen molar-refractivity contribution in [2.75, 3.05) is 39.0 Å². The van der Waals surface area contributed by atoms with Crippen LogP contribution in [-0.4, -0.2) is 55.5 Å². The quantitative estimate of drug-likeness (QED) is 0.925. The summed E-state index contributed by atoms with van der Waals surface area (Å²) in [6.07, 6.45) is 2.13. The minimum Gasteiger partial charge on any atom is -0.387 e. The van der Waals surface area contributed by atoms with Crippen molar-refractivity contribution in [2.24, 2.45) is 0 Å². The van der Waals surface area contributed by atoms with Crippen LogP contribution in [0.1, 0.15) is 35.7 Å². The molecule has 2 rings (SSSR count). The predicted molar refractivity (Wildman–Crippen MR) is 88.0 cm³/mol. The number of aryl methyl sites for hydroxylation is 1. The van der Waals surface area contributed by atoms with Gasteiger partial charge in [-0.25, -0.2) is 0 Å². The average Bonchev–Trinajstić information content (AvgIpc) is 2.53. The summed E-state index contributed by atoms with van der Waals surface area (Å²) in [5, 5.41) is 3.14. The number of rotatable bonds is 4. The van der Waals surface area contributed by atoms with Gasteiger partial charge in [-0.15, -0.1) is 0 Å². The summed E-state index contributed by atoms with van der Waals surface area (Å²) in [5.74, 6) is 0.120. The highest BCUT2D eigenvalue weighted by atomic mass is 16.2. The van der Waals surface area contributed by atoms with Crippen LogP contribution in [-0.2, 0) is 0 Å². The van der Waals surface area contributed by atoms with E-state index in [1.807, 2.05) is 44.1 Å². The van der Waals surface area contributed by atoms with Gasteiger partial charge in [-0.1, -0.05) is 13.0 Å². The molecule has 1 aliphatic rings. The van der Waals surface area contributed by atoms with Gasteiger partial charge >= 0.3 is 0 Å². The van der Waals surface area contributed by atoms with Crippen LogP contribution in [0.3, 0.4) is 0 Å². The number of anilines is 1. The first-order chi connectivity index (χ1) is 10.1. The van der Waals surface area contributed by atoms with Crippen LogP contribution >= 0.6 is 0 Å². The Labute approximate surface area is 128 Å². The number of likely N-dealkylation sites (tertiary alicyclic amines) is 1. The van der Waals surface area contributed by atoms with Crippen molar-refractivity contribution in [2.45, 2.75) is 32.7 Å². The number of carbonyl (C=O) groups excluding carboxylic acids is 1. The van der Waals surface area contributed by atoms with E-state index in [9.17, 15) is 4.79 Å². The highest BCUT2D eigenvalue weighted by molar-refractivity contribution is 5.99. The van der Waals surface area contributed by atoms with Gasteiger partial charge in [0.25, 0.3) is 5.91 Å². The molecule has 4 nitrogen and oxygen atoms in total. The maximum Gasteiger partial charge on any atom is 0.255 e. The van der Waals surface area contributed by atoms with Gasteiger partial charge in [0, 0.05) is 38.9 Å². The van der Waals surface area contributed by atoms with E-state index in [4.69, 9.17) is 0 Å². The Bertz CT molecular complexity index is 493. The average molecular weight is 289 g/mol. The van der Waals surface area contributed by atoms with Gasteiger partial charge in [-0.3, -0.25) is 4.79 Å². The van der Waals surface area contributed by atoms with Crippen LogP contribution in [0.15, 0.2) is 18.2 Å². The van der Waals surface area contributed by atoms with Gasteiger partial charge in [0.05, 0.1) is 5.56 Å². The van der Waals surface area contributed by atoms with Crippen LogP contribution in [0.5, 0.6) is 0 Å². The first-order valence-electron chi connectivity index (χ1n) is 7.84. The zero-order valence-corrected chi connectivity index (χ0v) is 13.6. The summed E-state index contributed by atoms with van der Waals surface area (Å²) in [7, 11) is 3.80. The van der Waals surface area contributed by atoms with Crippen molar-refractivity contribution in [3.8, 4) is 0 Å². The van der Waals surface area contributed by atoms with Crippen LogP contribution in [0, 0.1) is 6.92 Å². The standard InChI is InChI=1S/C17H27N3O/c1-5-20-10-8-14(9-11-20)19(4)17(21)15-7-6-13(2)12-16(15)18-3/h6-7,12,14,18H,5,8-11H2,1-4H3. The van der Waals surface area contributed by atoms with Gasteiger partial charge in [0.1, 0.15) is 0 Å². The summed E-state index contributed by atoms with van der Waals surface area (Å²) in [6.45, 7) is 7.52. The van der Waals surface area contributed by atoms with Gasteiger partial charge in [-0.05, 0) is 44.0 Å². The molecule has 116 valence electrons. The number of nitrogens with one attached hydrogen (secondary N) is 1. The number of carbonyl (C=O) groups is 1. The first-order valence-corrected chi connectivity index (χ1v) is 7.84. The maximum atomic E-state index is 12.8. The molecule has 0 bridgehead atoms. The lowest BCUT2D eigenvalue weighted by atomic mass is 10.0.